The molecule has 0 radical (unpaired) electrons. The molecule has 1 fully saturated rings. The average molecular weight is 297 g/mol. The number of rotatable bonds is 3. The third-order valence-corrected chi connectivity index (χ3v) is 4.26. The van der Waals surface area contributed by atoms with Crippen molar-refractivity contribution in [2.24, 2.45) is 4.36 Å². The van der Waals surface area contributed by atoms with Gasteiger partial charge in [0.1, 0.15) is 5.75 Å². The summed E-state index contributed by atoms with van der Waals surface area (Å²) in [4.78, 5) is 2.29. The standard InChI is InChI=1S/C14H23N3O2S/c1-19-14-10-12(4-5-13(14)15)17-8-6-11(7-9-17)16-20(2,3)18/h4-5,10-11H,6-9,15H2,1-3H3. The van der Waals surface area contributed by atoms with E-state index in [0.717, 1.165) is 31.6 Å². The van der Waals surface area contributed by atoms with Crippen LogP contribution in [0, 0.1) is 0 Å². The minimum atomic E-state index is -2.00. The highest BCUT2D eigenvalue weighted by Crippen LogP contribution is 2.29. The van der Waals surface area contributed by atoms with Gasteiger partial charge in [-0.15, -0.1) is 0 Å². The molecule has 0 aromatic heterocycles. The Morgan fingerprint density at radius 2 is 2.00 bits per heavy atom. The monoisotopic (exact) mass is 297 g/mol. The van der Waals surface area contributed by atoms with Gasteiger partial charge in [-0.25, -0.2) is 4.36 Å². The van der Waals surface area contributed by atoms with Crippen molar-refractivity contribution in [3.05, 3.63) is 18.2 Å². The highest BCUT2D eigenvalue weighted by molar-refractivity contribution is 7.92. The predicted octanol–water partition coefficient (Wildman–Crippen LogP) is 1.97. The van der Waals surface area contributed by atoms with Crippen molar-refractivity contribution < 1.29 is 8.95 Å². The second kappa shape index (κ2) is 5.91. The summed E-state index contributed by atoms with van der Waals surface area (Å²) in [6.07, 6.45) is 5.27. The number of nitrogens with two attached hydrogens (primary N) is 1. The Balaban J connectivity index is 2.06. The van der Waals surface area contributed by atoms with Crippen LogP contribution in [0.3, 0.4) is 0 Å². The molecule has 1 aliphatic rings. The molecule has 1 aliphatic heterocycles. The lowest BCUT2D eigenvalue weighted by atomic mass is 10.1. The molecule has 0 bridgehead atoms. The lowest BCUT2D eigenvalue weighted by Crippen LogP contribution is -2.35. The van der Waals surface area contributed by atoms with Gasteiger partial charge < -0.3 is 15.4 Å². The molecule has 0 aliphatic carbocycles. The van der Waals surface area contributed by atoms with Crippen molar-refractivity contribution in [2.45, 2.75) is 18.9 Å². The lowest BCUT2D eigenvalue weighted by molar-refractivity contribution is 0.416. The van der Waals surface area contributed by atoms with Crippen molar-refractivity contribution >= 4 is 21.1 Å². The van der Waals surface area contributed by atoms with E-state index in [4.69, 9.17) is 10.5 Å². The number of benzene rings is 1. The molecular weight excluding hydrogens is 274 g/mol. The van der Waals surface area contributed by atoms with Gasteiger partial charge in [-0.3, -0.25) is 4.21 Å². The Morgan fingerprint density at radius 3 is 2.55 bits per heavy atom. The third-order valence-electron chi connectivity index (χ3n) is 3.45. The molecule has 1 saturated heterocycles. The lowest BCUT2D eigenvalue weighted by Gasteiger charge is -2.32. The molecule has 0 atom stereocenters. The van der Waals surface area contributed by atoms with E-state index in [9.17, 15) is 4.21 Å². The van der Waals surface area contributed by atoms with Crippen LogP contribution < -0.4 is 15.4 Å². The zero-order chi connectivity index (χ0) is 14.8. The molecule has 1 aromatic carbocycles. The highest BCUT2D eigenvalue weighted by atomic mass is 32.2. The zero-order valence-corrected chi connectivity index (χ0v) is 13.2. The number of methoxy groups -OCH3 is 1. The maximum atomic E-state index is 11.7. The SMILES string of the molecule is COc1cc(N2CCC(N=S(C)(C)=O)CC2)ccc1N. The first kappa shape index (κ1) is 15.0. The van der Waals surface area contributed by atoms with Gasteiger partial charge >= 0.3 is 0 Å². The second-order valence-corrected chi connectivity index (χ2v) is 8.00. The quantitative estimate of drug-likeness (QED) is 0.866. The molecule has 2 N–H and O–H groups in total. The van der Waals surface area contributed by atoms with E-state index in [1.807, 2.05) is 18.2 Å². The van der Waals surface area contributed by atoms with Gasteiger partial charge in [0, 0.05) is 47.1 Å². The Hall–Kier alpha value is -1.43. The van der Waals surface area contributed by atoms with Crippen LogP contribution in [0.25, 0.3) is 0 Å². The summed E-state index contributed by atoms with van der Waals surface area (Å²) in [6.45, 7) is 1.83. The molecule has 0 spiro atoms. The third kappa shape index (κ3) is 3.79. The summed E-state index contributed by atoms with van der Waals surface area (Å²) in [5, 5.41) is 0. The van der Waals surface area contributed by atoms with E-state index in [1.165, 1.54) is 0 Å². The molecular formula is C14H23N3O2S. The van der Waals surface area contributed by atoms with Gasteiger partial charge in [-0.2, -0.15) is 0 Å². The Morgan fingerprint density at radius 1 is 1.35 bits per heavy atom. The maximum Gasteiger partial charge on any atom is 0.143 e. The van der Waals surface area contributed by atoms with Crippen LogP contribution in [0.2, 0.25) is 0 Å². The first-order valence-electron chi connectivity index (χ1n) is 6.74. The van der Waals surface area contributed by atoms with Crippen LogP contribution in [0.5, 0.6) is 5.75 Å². The largest absolute Gasteiger partial charge is 0.495 e. The first-order chi connectivity index (χ1) is 9.39. The molecule has 1 aromatic rings. The summed E-state index contributed by atoms with van der Waals surface area (Å²) < 4.78 is 21.4. The van der Waals surface area contributed by atoms with E-state index in [0.29, 0.717) is 11.4 Å². The summed E-state index contributed by atoms with van der Waals surface area (Å²) in [5.41, 5.74) is 7.60. The molecule has 2 rings (SSSR count). The molecule has 5 nitrogen and oxygen atoms in total. The molecule has 6 heteroatoms. The fourth-order valence-electron chi connectivity index (χ4n) is 2.48. The van der Waals surface area contributed by atoms with E-state index in [1.54, 1.807) is 19.6 Å². The fourth-order valence-corrected chi connectivity index (χ4v) is 3.41. The van der Waals surface area contributed by atoms with Gasteiger partial charge in [0.15, 0.2) is 0 Å². The number of nitrogens with zero attached hydrogens (tertiary/aromatic N) is 2. The first-order valence-corrected chi connectivity index (χ1v) is 9.07. The maximum absolute atomic E-state index is 11.7. The van der Waals surface area contributed by atoms with E-state index in [-0.39, 0.29) is 6.04 Å². The molecule has 112 valence electrons. The fraction of sp³-hybridized carbons (Fsp3) is 0.571. The van der Waals surface area contributed by atoms with Gasteiger partial charge in [0.25, 0.3) is 0 Å². The molecule has 0 unspecified atom stereocenters. The average Bonchev–Trinajstić information content (AvgIpc) is 2.38. The van der Waals surface area contributed by atoms with E-state index in [2.05, 4.69) is 9.26 Å². The van der Waals surface area contributed by atoms with Crippen molar-refractivity contribution in [1.82, 2.24) is 0 Å². The number of hydrogen-bond donors (Lipinski definition) is 1. The Labute approximate surface area is 121 Å². The van der Waals surface area contributed by atoms with Crippen molar-refractivity contribution in [2.75, 3.05) is 43.3 Å². The summed E-state index contributed by atoms with van der Waals surface area (Å²) in [7, 11) is -0.378. The molecule has 1 heterocycles. The van der Waals surface area contributed by atoms with Gasteiger partial charge in [0.2, 0.25) is 0 Å². The minimum Gasteiger partial charge on any atom is -0.495 e. The summed E-state index contributed by atoms with van der Waals surface area (Å²) in [6, 6.07) is 6.06. The predicted molar refractivity (Wildman–Crippen MR) is 85.1 cm³/mol. The van der Waals surface area contributed by atoms with Crippen LogP contribution in [-0.2, 0) is 9.73 Å². The second-order valence-electron chi connectivity index (χ2n) is 5.43. The van der Waals surface area contributed by atoms with Gasteiger partial charge in [-0.1, -0.05) is 0 Å². The zero-order valence-electron chi connectivity index (χ0n) is 12.3. The summed E-state index contributed by atoms with van der Waals surface area (Å²) >= 11 is 0. The van der Waals surface area contributed by atoms with Crippen LogP contribution in [-0.4, -0.2) is 43.0 Å². The van der Waals surface area contributed by atoms with Crippen molar-refractivity contribution in [1.29, 1.82) is 0 Å². The molecule has 0 saturated carbocycles. The molecule has 0 amide bonds. The number of anilines is 2. The van der Waals surface area contributed by atoms with Crippen molar-refractivity contribution in [3.8, 4) is 5.75 Å². The van der Waals surface area contributed by atoms with Crippen LogP contribution in [0.4, 0.5) is 11.4 Å². The van der Waals surface area contributed by atoms with Crippen molar-refractivity contribution in [3.63, 3.8) is 0 Å². The van der Waals surface area contributed by atoms with Gasteiger partial charge in [0.05, 0.1) is 18.8 Å². The minimum absolute atomic E-state index is 0.212. The number of hydrogen-bond acceptors (Lipinski definition) is 5. The smallest absolute Gasteiger partial charge is 0.143 e. The summed E-state index contributed by atoms with van der Waals surface area (Å²) in [5.74, 6) is 0.708. The Kier molecular flexibility index (Phi) is 4.42. The normalized spacial score (nSPS) is 17.1. The van der Waals surface area contributed by atoms with Crippen LogP contribution in [0.15, 0.2) is 22.6 Å². The van der Waals surface area contributed by atoms with Gasteiger partial charge in [-0.05, 0) is 25.0 Å². The highest BCUT2D eigenvalue weighted by Gasteiger charge is 2.20. The van der Waals surface area contributed by atoms with Crippen LogP contribution >= 0.6 is 0 Å². The van der Waals surface area contributed by atoms with E-state index >= 15 is 0 Å². The number of piperidine rings is 1. The topological polar surface area (TPSA) is 67.9 Å². The number of ether oxygens (including phenoxy) is 1. The van der Waals surface area contributed by atoms with Crippen LogP contribution in [0.1, 0.15) is 12.8 Å². The number of nitrogen functional groups attached to an aromatic ring is 1. The van der Waals surface area contributed by atoms with E-state index < -0.39 is 9.73 Å². The molecule has 20 heavy (non-hydrogen) atoms. The Bertz CT molecular complexity index is 578.